The van der Waals surface area contributed by atoms with E-state index in [0.717, 1.165) is 44.6 Å². The zero-order valence-corrected chi connectivity index (χ0v) is 11.9. The Bertz CT molecular complexity index is 390. The minimum atomic E-state index is 0.235. The summed E-state index contributed by atoms with van der Waals surface area (Å²) in [5.41, 5.74) is 2.32. The topological polar surface area (TPSA) is 45.1 Å². The Kier molecular flexibility index (Phi) is 4.96. The smallest absolute Gasteiger partial charge is 0.222 e. The largest absolute Gasteiger partial charge is 0.399 e. The normalized spacial score (nSPS) is 21.8. The van der Waals surface area contributed by atoms with Gasteiger partial charge in [-0.25, -0.2) is 0 Å². The average molecular weight is 265 g/mol. The van der Waals surface area contributed by atoms with Gasteiger partial charge in [0.15, 0.2) is 0 Å². The van der Waals surface area contributed by atoms with Crippen LogP contribution in [0.1, 0.15) is 25.7 Å². The van der Waals surface area contributed by atoms with Crippen LogP contribution in [0.25, 0.3) is 0 Å². The van der Waals surface area contributed by atoms with Crippen molar-refractivity contribution in [1.29, 1.82) is 0 Å². The van der Waals surface area contributed by atoms with Gasteiger partial charge in [-0.15, -0.1) is 0 Å². The van der Waals surface area contributed by atoms with E-state index in [2.05, 4.69) is 23.2 Å². The van der Waals surface area contributed by atoms with Crippen LogP contribution in [0.3, 0.4) is 0 Å². The van der Waals surface area contributed by atoms with Gasteiger partial charge in [0.25, 0.3) is 0 Å². The van der Waals surface area contributed by atoms with Gasteiger partial charge in [0.2, 0.25) is 5.91 Å². The summed E-state index contributed by atoms with van der Waals surface area (Å²) < 4.78 is 0. The van der Waals surface area contributed by atoms with Crippen molar-refractivity contribution in [2.24, 2.45) is 5.16 Å². The molecule has 106 valence electrons. The lowest BCUT2D eigenvalue weighted by molar-refractivity contribution is -0.127. The summed E-state index contributed by atoms with van der Waals surface area (Å²) in [4.78, 5) is 20.8. The molecule has 0 unspecified atom stereocenters. The van der Waals surface area contributed by atoms with E-state index in [9.17, 15) is 4.79 Å². The number of hydrogen-bond acceptors (Lipinski definition) is 4. The van der Waals surface area contributed by atoms with Crippen molar-refractivity contribution in [3.8, 4) is 0 Å². The van der Waals surface area contributed by atoms with Crippen LogP contribution < -0.4 is 0 Å². The number of carbonyl (C=O) groups excluding carboxylic acids is 1. The number of likely N-dealkylation sites (tertiary alicyclic amines) is 1. The molecule has 0 radical (unpaired) electrons. The predicted molar refractivity (Wildman–Crippen MR) is 75.1 cm³/mol. The fraction of sp³-hybridized carbons (Fsp3) is 0.714. The molecule has 0 N–H and O–H groups in total. The van der Waals surface area contributed by atoms with Crippen molar-refractivity contribution in [1.82, 2.24) is 9.80 Å². The lowest BCUT2D eigenvalue weighted by Crippen LogP contribution is -2.32. The van der Waals surface area contributed by atoms with E-state index in [1.807, 2.05) is 4.90 Å². The summed E-state index contributed by atoms with van der Waals surface area (Å²) >= 11 is 0. The lowest BCUT2D eigenvalue weighted by atomic mass is 10.0. The fourth-order valence-electron chi connectivity index (χ4n) is 2.71. The van der Waals surface area contributed by atoms with Crippen LogP contribution in [0.5, 0.6) is 0 Å². The third kappa shape index (κ3) is 4.06. The Hall–Kier alpha value is -1.36. The summed E-state index contributed by atoms with van der Waals surface area (Å²) in [5, 5.41) is 4.10. The van der Waals surface area contributed by atoms with Gasteiger partial charge in [0, 0.05) is 32.5 Å². The first-order chi connectivity index (χ1) is 9.19. The molecule has 0 saturated carbocycles. The van der Waals surface area contributed by atoms with Crippen molar-refractivity contribution >= 4 is 11.6 Å². The number of amides is 1. The molecule has 0 bridgehead atoms. The third-order valence-electron chi connectivity index (χ3n) is 3.61. The molecule has 0 atom stereocenters. The molecule has 2 aliphatic heterocycles. The van der Waals surface area contributed by atoms with Crippen LogP contribution in [0.4, 0.5) is 0 Å². The Morgan fingerprint density at radius 2 is 2.32 bits per heavy atom. The molecule has 2 aliphatic rings. The number of likely N-dealkylation sites (N-methyl/N-ethyl adjacent to an activating group) is 1. The summed E-state index contributed by atoms with van der Waals surface area (Å²) in [5.74, 6) is 0.235. The standard InChI is InChI=1S/C14H23N3O2/c1-16-7-3-5-12(10-16)9-13(15-19-2)11-17-8-4-6-14(17)18/h5H,3-4,6-11H2,1-2H3/b15-13+. The lowest BCUT2D eigenvalue weighted by Gasteiger charge is -2.24. The number of rotatable bonds is 5. The molecule has 2 heterocycles. The van der Waals surface area contributed by atoms with Crippen LogP contribution in [0.2, 0.25) is 0 Å². The molecule has 1 fully saturated rings. The highest BCUT2D eigenvalue weighted by Gasteiger charge is 2.22. The van der Waals surface area contributed by atoms with Crippen molar-refractivity contribution < 1.29 is 9.63 Å². The van der Waals surface area contributed by atoms with E-state index < -0.39 is 0 Å². The maximum Gasteiger partial charge on any atom is 0.222 e. The second-order valence-corrected chi connectivity index (χ2v) is 5.32. The SMILES string of the molecule is CO/N=C(\CC1=CCCN(C)C1)CN1CCCC1=O. The summed E-state index contributed by atoms with van der Waals surface area (Å²) in [7, 11) is 3.69. The highest BCUT2D eigenvalue weighted by Crippen LogP contribution is 2.15. The summed E-state index contributed by atoms with van der Waals surface area (Å²) in [6.07, 6.45) is 5.82. The molecule has 0 spiro atoms. The molecule has 0 aromatic carbocycles. The molecule has 1 amide bonds. The zero-order chi connectivity index (χ0) is 13.7. The maximum absolute atomic E-state index is 11.7. The Morgan fingerprint density at radius 1 is 1.47 bits per heavy atom. The first-order valence-corrected chi connectivity index (χ1v) is 6.92. The first kappa shape index (κ1) is 14.1. The van der Waals surface area contributed by atoms with Crippen molar-refractivity contribution in [2.75, 3.05) is 40.3 Å². The summed E-state index contributed by atoms with van der Waals surface area (Å²) in [6.45, 7) is 3.55. The van der Waals surface area contributed by atoms with Crippen LogP contribution in [0.15, 0.2) is 16.8 Å². The van der Waals surface area contributed by atoms with Gasteiger partial charge in [0.05, 0.1) is 12.3 Å². The van der Waals surface area contributed by atoms with E-state index in [4.69, 9.17) is 4.84 Å². The molecule has 19 heavy (non-hydrogen) atoms. The van der Waals surface area contributed by atoms with Crippen LogP contribution in [0, 0.1) is 0 Å². The number of oxime groups is 1. The van der Waals surface area contributed by atoms with E-state index in [1.165, 1.54) is 5.57 Å². The molecular formula is C14H23N3O2. The maximum atomic E-state index is 11.7. The van der Waals surface area contributed by atoms with Crippen molar-refractivity contribution in [3.05, 3.63) is 11.6 Å². The van der Waals surface area contributed by atoms with Crippen LogP contribution in [-0.2, 0) is 9.63 Å². The Labute approximate surface area is 114 Å². The highest BCUT2D eigenvalue weighted by atomic mass is 16.6. The molecule has 1 saturated heterocycles. The van der Waals surface area contributed by atoms with E-state index in [-0.39, 0.29) is 5.91 Å². The summed E-state index contributed by atoms with van der Waals surface area (Å²) in [6, 6.07) is 0. The van der Waals surface area contributed by atoms with Gasteiger partial charge in [-0.2, -0.15) is 0 Å². The molecule has 0 aromatic rings. The molecule has 0 aliphatic carbocycles. The molecule has 5 nitrogen and oxygen atoms in total. The molecular weight excluding hydrogens is 242 g/mol. The van der Waals surface area contributed by atoms with E-state index in [0.29, 0.717) is 13.0 Å². The zero-order valence-electron chi connectivity index (χ0n) is 11.9. The van der Waals surface area contributed by atoms with Gasteiger partial charge >= 0.3 is 0 Å². The molecule has 5 heteroatoms. The van der Waals surface area contributed by atoms with Gasteiger partial charge in [-0.1, -0.05) is 16.8 Å². The van der Waals surface area contributed by atoms with Crippen molar-refractivity contribution in [2.45, 2.75) is 25.7 Å². The van der Waals surface area contributed by atoms with E-state index in [1.54, 1.807) is 7.11 Å². The molecule has 2 rings (SSSR count). The van der Waals surface area contributed by atoms with Crippen LogP contribution >= 0.6 is 0 Å². The van der Waals surface area contributed by atoms with Crippen LogP contribution in [-0.4, -0.2) is 61.8 Å². The van der Waals surface area contributed by atoms with Gasteiger partial charge in [-0.3, -0.25) is 4.79 Å². The Morgan fingerprint density at radius 3 is 2.95 bits per heavy atom. The average Bonchev–Trinajstić information content (AvgIpc) is 2.75. The number of hydrogen-bond donors (Lipinski definition) is 0. The monoisotopic (exact) mass is 265 g/mol. The minimum absolute atomic E-state index is 0.235. The number of carbonyl (C=O) groups is 1. The fourth-order valence-corrected chi connectivity index (χ4v) is 2.71. The quantitative estimate of drug-likeness (QED) is 0.427. The van der Waals surface area contributed by atoms with Gasteiger partial charge in [-0.05, 0) is 19.9 Å². The minimum Gasteiger partial charge on any atom is -0.399 e. The predicted octanol–water partition coefficient (Wildman–Crippen LogP) is 1.26. The molecule has 0 aromatic heterocycles. The van der Waals surface area contributed by atoms with Gasteiger partial charge in [0.1, 0.15) is 7.11 Å². The second-order valence-electron chi connectivity index (χ2n) is 5.32. The Balaban J connectivity index is 1.94. The highest BCUT2D eigenvalue weighted by molar-refractivity contribution is 5.91. The first-order valence-electron chi connectivity index (χ1n) is 6.92. The second kappa shape index (κ2) is 6.70. The van der Waals surface area contributed by atoms with E-state index >= 15 is 0 Å². The third-order valence-corrected chi connectivity index (χ3v) is 3.61. The number of nitrogens with zero attached hydrogens (tertiary/aromatic N) is 3. The van der Waals surface area contributed by atoms with Crippen molar-refractivity contribution in [3.63, 3.8) is 0 Å². The van der Waals surface area contributed by atoms with Gasteiger partial charge < -0.3 is 14.6 Å².